The number of hydrogen-bond donors (Lipinski definition) is 2. The Morgan fingerprint density at radius 2 is 1.75 bits per heavy atom. The van der Waals surface area contributed by atoms with E-state index in [1.54, 1.807) is 0 Å². The molecule has 0 aliphatic heterocycles. The van der Waals surface area contributed by atoms with Gasteiger partial charge in [-0.1, -0.05) is 19.4 Å². The lowest BCUT2D eigenvalue weighted by molar-refractivity contribution is 0.328. The van der Waals surface area contributed by atoms with Crippen molar-refractivity contribution in [3.05, 3.63) is 6.92 Å². The first-order chi connectivity index (χ1) is 3.85. The fourth-order valence-corrected chi connectivity index (χ4v) is 1.59. The van der Waals surface area contributed by atoms with Crippen LogP contribution in [0.5, 0.6) is 0 Å². The third-order valence-electron chi connectivity index (χ3n) is 1.13. The van der Waals surface area contributed by atoms with E-state index in [0.717, 1.165) is 12.5 Å². The quantitative estimate of drug-likeness (QED) is 0.508. The summed E-state index contributed by atoms with van der Waals surface area (Å²) in [5.41, 5.74) is 0. The van der Waals surface area contributed by atoms with Crippen molar-refractivity contribution < 1.29 is 10.2 Å². The van der Waals surface area contributed by atoms with Crippen molar-refractivity contribution in [2.45, 2.75) is 12.5 Å². The molecule has 49 valence electrons. The minimum absolute atomic E-state index is 0.214. The molecular formula is C5H13O2Si. The van der Waals surface area contributed by atoms with Crippen molar-refractivity contribution >= 4 is 8.80 Å². The van der Waals surface area contributed by atoms with Gasteiger partial charge < -0.3 is 10.2 Å². The number of hydrogen-bond acceptors (Lipinski definition) is 2. The van der Waals surface area contributed by atoms with Crippen LogP contribution in [-0.4, -0.2) is 31.5 Å². The molecule has 0 aromatic carbocycles. The molecule has 3 heteroatoms. The third kappa shape index (κ3) is 3.18. The van der Waals surface area contributed by atoms with E-state index in [2.05, 4.69) is 6.92 Å². The van der Waals surface area contributed by atoms with Crippen LogP contribution in [0.2, 0.25) is 6.04 Å². The van der Waals surface area contributed by atoms with Gasteiger partial charge in [0.25, 0.3) is 0 Å². The van der Waals surface area contributed by atoms with E-state index < -0.39 is 8.80 Å². The van der Waals surface area contributed by atoms with Crippen LogP contribution in [0.1, 0.15) is 6.42 Å². The standard InChI is InChI=1S/C5H13O2Si/c1-2-3-8(4-6)5-7/h6-8H,1-5H2. The highest BCUT2D eigenvalue weighted by atomic mass is 28.3. The van der Waals surface area contributed by atoms with Gasteiger partial charge >= 0.3 is 0 Å². The van der Waals surface area contributed by atoms with Crippen LogP contribution in [0, 0.1) is 6.92 Å². The van der Waals surface area contributed by atoms with Crippen molar-refractivity contribution in [3.63, 3.8) is 0 Å². The van der Waals surface area contributed by atoms with Gasteiger partial charge in [0.1, 0.15) is 0 Å². The first-order valence-corrected chi connectivity index (χ1v) is 5.31. The summed E-state index contributed by atoms with van der Waals surface area (Å²) in [4.78, 5) is 0. The molecular weight excluding hydrogens is 120 g/mol. The molecule has 0 aliphatic rings. The van der Waals surface area contributed by atoms with Crippen LogP contribution < -0.4 is 0 Å². The highest BCUT2D eigenvalue weighted by Crippen LogP contribution is 1.93. The molecule has 0 aliphatic carbocycles. The molecule has 0 bridgehead atoms. The monoisotopic (exact) mass is 133 g/mol. The van der Waals surface area contributed by atoms with Crippen molar-refractivity contribution in [2.24, 2.45) is 0 Å². The average Bonchev–Trinajstić information content (AvgIpc) is 1.83. The highest BCUT2D eigenvalue weighted by Gasteiger charge is 2.04. The van der Waals surface area contributed by atoms with E-state index in [4.69, 9.17) is 10.2 Å². The topological polar surface area (TPSA) is 40.5 Å². The molecule has 8 heavy (non-hydrogen) atoms. The molecule has 0 fully saturated rings. The molecule has 0 atom stereocenters. The van der Waals surface area contributed by atoms with Gasteiger partial charge in [-0.25, -0.2) is 0 Å². The Hall–Kier alpha value is 0.137. The molecule has 2 N–H and O–H groups in total. The first kappa shape index (κ1) is 8.14. The maximum atomic E-state index is 8.53. The van der Waals surface area contributed by atoms with Gasteiger partial charge in [-0.15, -0.1) is 0 Å². The second-order valence-electron chi connectivity index (χ2n) is 1.87. The summed E-state index contributed by atoms with van der Waals surface area (Å²) in [5.74, 6) is 0. The minimum Gasteiger partial charge on any atom is -0.400 e. The summed E-state index contributed by atoms with van der Waals surface area (Å²) in [5, 5.41) is 17.1. The number of rotatable bonds is 4. The van der Waals surface area contributed by atoms with E-state index in [0.29, 0.717) is 0 Å². The van der Waals surface area contributed by atoms with Gasteiger partial charge in [-0.05, 0) is 0 Å². The van der Waals surface area contributed by atoms with Crippen LogP contribution in [0.4, 0.5) is 0 Å². The Morgan fingerprint density at radius 1 is 1.25 bits per heavy atom. The van der Waals surface area contributed by atoms with Crippen molar-refractivity contribution in [2.75, 3.05) is 12.5 Å². The molecule has 0 saturated heterocycles. The molecule has 0 aromatic rings. The Bertz CT molecular complexity index is 45.7. The smallest absolute Gasteiger partial charge is 0.0968 e. The SMILES string of the molecule is [CH2]CC[SiH](CO)CO. The molecule has 0 rings (SSSR count). The molecule has 0 unspecified atom stereocenters. The maximum Gasteiger partial charge on any atom is 0.0968 e. The number of aliphatic hydroxyl groups is 2. The normalized spacial score (nSPS) is 10.5. The van der Waals surface area contributed by atoms with E-state index in [1.807, 2.05) is 0 Å². The maximum absolute atomic E-state index is 8.53. The van der Waals surface area contributed by atoms with Crippen LogP contribution >= 0.6 is 0 Å². The average molecular weight is 133 g/mol. The van der Waals surface area contributed by atoms with Gasteiger partial charge in [0, 0.05) is 12.5 Å². The van der Waals surface area contributed by atoms with E-state index >= 15 is 0 Å². The highest BCUT2D eigenvalue weighted by molar-refractivity contribution is 6.58. The van der Waals surface area contributed by atoms with Crippen molar-refractivity contribution in [1.29, 1.82) is 0 Å². The van der Waals surface area contributed by atoms with E-state index in [1.165, 1.54) is 0 Å². The molecule has 0 aromatic heterocycles. The Morgan fingerprint density at radius 3 is 1.88 bits per heavy atom. The summed E-state index contributed by atoms with van der Waals surface area (Å²) in [6.45, 7) is 3.63. The summed E-state index contributed by atoms with van der Waals surface area (Å²) in [6, 6.07) is 0.951. The second-order valence-corrected chi connectivity index (χ2v) is 4.91. The molecule has 0 saturated carbocycles. The van der Waals surface area contributed by atoms with Crippen LogP contribution in [0.3, 0.4) is 0 Å². The second kappa shape index (κ2) is 5.28. The zero-order chi connectivity index (χ0) is 6.41. The summed E-state index contributed by atoms with van der Waals surface area (Å²) >= 11 is 0. The Balaban J connectivity index is 3.07. The van der Waals surface area contributed by atoms with Crippen molar-refractivity contribution in [3.8, 4) is 0 Å². The fourth-order valence-electron chi connectivity index (χ4n) is 0.529. The summed E-state index contributed by atoms with van der Waals surface area (Å²) in [6.07, 6.45) is 1.27. The van der Waals surface area contributed by atoms with Gasteiger partial charge in [0.2, 0.25) is 0 Å². The Labute approximate surface area is 51.8 Å². The van der Waals surface area contributed by atoms with Crippen LogP contribution in [-0.2, 0) is 0 Å². The predicted octanol–water partition coefficient (Wildman–Crippen LogP) is -0.499. The molecule has 0 amide bonds. The first-order valence-electron chi connectivity index (χ1n) is 2.86. The lowest BCUT2D eigenvalue weighted by atomic mass is 10.6. The van der Waals surface area contributed by atoms with Crippen molar-refractivity contribution in [1.82, 2.24) is 0 Å². The fraction of sp³-hybridized carbons (Fsp3) is 0.800. The van der Waals surface area contributed by atoms with Crippen LogP contribution in [0.25, 0.3) is 0 Å². The van der Waals surface area contributed by atoms with Gasteiger partial charge in [0.05, 0.1) is 8.80 Å². The number of aliphatic hydroxyl groups excluding tert-OH is 2. The molecule has 0 heterocycles. The Kier molecular flexibility index (Phi) is 5.37. The molecule has 0 spiro atoms. The summed E-state index contributed by atoms with van der Waals surface area (Å²) < 4.78 is 0. The lowest BCUT2D eigenvalue weighted by Crippen LogP contribution is -2.23. The minimum atomic E-state index is -1.14. The zero-order valence-electron chi connectivity index (χ0n) is 5.01. The summed E-state index contributed by atoms with van der Waals surface area (Å²) in [7, 11) is -1.14. The molecule has 1 radical (unpaired) electrons. The van der Waals surface area contributed by atoms with E-state index in [9.17, 15) is 0 Å². The van der Waals surface area contributed by atoms with Gasteiger partial charge in [-0.3, -0.25) is 0 Å². The van der Waals surface area contributed by atoms with Gasteiger partial charge in [-0.2, -0.15) is 0 Å². The largest absolute Gasteiger partial charge is 0.400 e. The molecule has 2 nitrogen and oxygen atoms in total. The third-order valence-corrected chi connectivity index (χ3v) is 3.39. The van der Waals surface area contributed by atoms with Crippen LogP contribution in [0.15, 0.2) is 0 Å². The zero-order valence-corrected chi connectivity index (χ0v) is 6.16. The predicted molar refractivity (Wildman–Crippen MR) is 36.1 cm³/mol. The lowest BCUT2D eigenvalue weighted by Gasteiger charge is -2.04. The van der Waals surface area contributed by atoms with Gasteiger partial charge in [0.15, 0.2) is 0 Å². The van der Waals surface area contributed by atoms with E-state index in [-0.39, 0.29) is 12.5 Å².